The topological polar surface area (TPSA) is 58.6 Å². The molecular weight excluding hydrogens is 170 g/mol. The summed E-state index contributed by atoms with van der Waals surface area (Å²) in [5.41, 5.74) is -0.746. The summed E-state index contributed by atoms with van der Waals surface area (Å²) in [7, 11) is 1.37. The molecule has 0 saturated carbocycles. The third-order valence-electron chi connectivity index (χ3n) is 1.58. The van der Waals surface area contributed by atoms with Gasteiger partial charge in [0.15, 0.2) is 0 Å². The van der Waals surface area contributed by atoms with E-state index in [1.54, 1.807) is 13.8 Å². The van der Waals surface area contributed by atoms with Crippen molar-refractivity contribution in [2.45, 2.75) is 38.8 Å². The molecule has 2 N–H and O–H groups in total. The van der Waals surface area contributed by atoms with Gasteiger partial charge in [0, 0.05) is 12.6 Å². The van der Waals surface area contributed by atoms with Crippen LogP contribution in [0.1, 0.15) is 27.2 Å². The molecule has 0 bridgehead atoms. The molecule has 1 unspecified atom stereocenters. The highest BCUT2D eigenvalue weighted by Gasteiger charge is 2.15. The maximum absolute atomic E-state index is 10.8. The molecular formula is C9H19NO3. The summed E-state index contributed by atoms with van der Waals surface area (Å²) in [5.74, 6) is -0.240. The van der Waals surface area contributed by atoms with Gasteiger partial charge in [-0.05, 0) is 20.8 Å². The number of hydrogen-bond donors (Lipinski definition) is 2. The van der Waals surface area contributed by atoms with E-state index in [9.17, 15) is 9.90 Å². The highest BCUT2D eigenvalue weighted by molar-refractivity contribution is 5.69. The third kappa shape index (κ3) is 7.74. The van der Waals surface area contributed by atoms with E-state index < -0.39 is 5.60 Å². The Labute approximate surface area is 79.3 Å². The minimum absolute atomic E-state index is 0.0267. The van der Waals surface area contributed by atoms with Gasteiger partial charge in [0.05, 0.1) is 19.1 Å². The Balaban J connectivity index is 3.63. The Morgan fingerprint density at radius 1 is 1.62 bits per heavy atom. The zero-order valence-corrected chi connectivity index (χ0v) is 8.76. The van der Waals surface area contributed by atoms with Crippen LogP contribution in [0.4, 0.5) is 0 Å². The fraction of sp³-hybridized carbons (Fsp3) is 0.889. The molecule has 0 aliphatic carbocycles. The van der Waals surface area contributed by atoms with Crippen LogP contribution in [0.15, 0.2) is 0 Å². The van der Waals surface area contributed by atoms with Gasteiger partial charge in [-0.2, -0.15) is 0 Å². The second-order valence-electron chi connectivity index (χ2n) is 3.87. The van der Waals surface area contributed by atoms with E-state index in [1.807, 2.05) is 6.92 Å². The summed E-state index contributed by atoms with van der Waals surface area (Å²) in [6.45, 7) is 5.77. The van der Waals surface area contributed by atoms with Crippen molar-refractivity contribution in [2.24, 2.45) is 0 Å². The first kappa shape index (κ1) is 12.4. The van der Waals surface area contributed by atoms with Crippen LogP contribution in [-0.2, 0) is 9.53 Å². The first-order valence-electron chi connectivity index (χ1n) is 4.38. The van der Waals surface area contributed by atoms with Gasteiger partial charge in [0.25, 0.3) is 0 Å². The Bertz CT molecular complexity index is 163. The molecule has 0 aromatic heterocycles. The predicted molar refractivity (Wildman–Crippen MR) is 50.4 cm³/mol. The first-order chi connectivity index (χ1) is 5.85. The van der Waals surface area contributed by atoms with Gasteiger partial charge in [0.2, 0.25) is 0 Å². The zero-order valence-electron chi connectivity index (χ0n) is 8.76. The average Bonchev–Trinajstić information content (AvgIpc) is 1.99. The molecule has 0 aliphatic rings. The fourth-order valence-electron chi connectivity index (χ4n) is 0.830. The summed E-state index contributed by atoms with van der Waals surface area (Å²) in [6.07, 6.45) is 0.326. The summed E-state index contributed by atoms with van der Waals surface area (Å²) in [6, 6.07) is 0.0267. The molecule has 0 fully saturated rings. The van der Waals surface area contributed by atoms with E-state index in [0.717, 1.165) is 0 Å². The highest BCUT2D eigenvalue weighted by atomic mass is 16.5. The summed E-state index contributed by atoms with van der Waals surface area (Å²) < 4.78 is 4.51. The van der Waals surface area contributed by atoms with E-state index in [1.165, 1.54) is 7.11 Å². The maximum atomic E-state index is 10.8. The molecule has 0 aliphatic heterocycles. The summed E-state index contributed by atoms with van der Waals surface area (Å²) in [5, 5.41) is 12.4. The van der Waals surface area contributed by atoms with Crippen molar-refractivity contribution in [1.29, 1.82) is 0 Å². The number of carbonyl (C=O) groups is 1. The molecule has 0 aromatic carbocycles. The smallest absolute Gasteiger partial charge is 0.307 e. The van der Waals surface area contributed by atoms with Crippen LogP contribution in [-0.4, -0.2) is 36.4 Å². The standard InChI is InChI=1S/C9H19NO3/c1-7(5-8(11)13-4)10-6-9(2,3)12/h7,10,12H,5-6H2,1-4H3. The lowest BCUT2D eigenvalue weighted by Crippen LogP contribution is -2.40. The van der Waals surface area contributed by atoms with Crippen LogP contribution in [0.3, 0.4) is 0 Å². The van der Waals surface area contributed by atoms with Crippen molar-refractivity contribution < 1.29 is 14.6 Å². The lowest BCUT2D eigenvalue weighted by molar-refractivity contribution is -0.141. The Morgan fingerprint density at radius 2 is 2.15 bits per heavy atom. The van der Waals surface area contributed by atoms with Crippen LogP contribution >= 0.6 is 0 Å². The zero-order chi connectivity index (χ0) is 10.5. The molecule has 0 saturated heterocycles. The number of carbonyl (C=O) groups excluding carboxylic acids is 1. The summed E-state index contributed by atoms with van der Waals surface area (Å²) in [4.78, 5) is 10.8. The van der Waals surface area contributed by atoms with Crippen LogP contribution in [0.2, 0.25) is 0 Å². The van der Waals surface area contributed by atoms with E-state index in [0.29, 0.717) is 13.0 Å². The molecule has 0 heterocycles. The molecule has 0 spiro atoms. The molecule has 78 valence electrons. The molecule has 4 heteroatoms. The highest BCUT2D eigenvalue weighted by Crippen LogP contribution is 2.00. The van der Waals surface area contributed by atoms with Crippen molar-refractivity contribution in [3.05, 3.63) is 0 Å². The first-order valence-corrected chi connectivity index (χ1v) is 4.38. The van der Waals surface area contributed by atoms with Crippen molar-refractivity contribution in [1.82, 2.24) is 5.32 Å². The second kappa shape index (κ2) is 5.19. The normalized spacial score (nSPS) is 13.9. The number of hydrogen-bond acceptors (Lipinski definition) is 4. The van der Waals surface area contributed by atoms with Crippen LogP contribution in [0, 0.1) is 0 Å². The number of methoxy groups -OCH3 is 1. The number of ether oxygens (including phenoxy) is 1. The monoisotopic (exact) mass is 189 g/mol. The fourth-order valence-corrected chi connectivity index (χ4v) is 0.830. The van der Waals surface area contributed by atoms with E-state index in [2.05, 4.69) is 10.1 Å². The minimum Gasteiger partial charge on any atom is -0.469 e. The van der Waals surface area contributed by atoms with E-state index in [-0.39, 0.29) is 12.0 Å². The van der Waals surface area contributed by atoms with Crippen molar-refractivity contribution >= 4 is 5.97 Å². The summed E-state index contributed by atoms with van der Waals surface area (Å²) >= 11 is 0. The molecule has 4 nitrogen and oxygen atoms in total. The second-order valence-corrected chi connectivity index (χ2v) is 3.87. The lowest BCUT2D eigenvalue weighted by atomic mass is 10.1. The Morgan fingerprint density at radius 3 is 2.54 bits per heavy atom. The van der Waals surface area contributed by atoms with Gasteiger partial charge >= 0.3 is 5.97 Å². The van der Waals surface area contributed by atoms with Gasteiger partial charge in [-0.3, -0.25) is 4.79 Å². The molecule has 13 heavy (non-hydrogen) atoms. The van der Waals surface area contributed by atoms with E-state index >= 15 is 0 Å². The average molecular weight is 189 g/mol. The van der Waals surface area contributed by atoms with Crippen molar-refractivity contribution in [2.75, 3.05) is 13.7 Å². The number of aliphatic hydroxyl groups is 1. The SMILES string of the molecule is COC(=O)CC(C)NCC(C)(C)O. The van der Waals surface area contributed by atoms with Crippen LogP contribution in [0.5, 0.6) is 0 Å². The predicted octanol–water partition coefficient (Wildman–Crippen LogP) is 0.299. The molecule has 0 aromatic rings. The third-order valence-corrected chi connectivity index (χ3v) is 1.58. The van der Waals surface area contributed by atoms with Crippen molar-refractivity contribution in [3.63, 3.8) is 0 Å². The Hall–Kier alpha value is -0.610. The van der Waals surface area contributed by atoms with Crippen LogP contribution in [0.25, 0.3) is 0 Å². The van der Waals surface area contributed by atoms with Gasteiger partial charge in [-0.15, -0.1) is 0 Å². The maximum Gasteiger partial charge on any atom is 0.307 e. The van der Waals surface area contributed by atoms with Gasteiger partial charge in [-0.1, -0.05) is 0 Å². The van der Waals surface area contributed by atoms with Gasteiger partial charge < -0.3 is 15.2 Å². The number of nitrogens with one attached hydrogen (secondary N) is 1. The lowest BCUT2D eigenvalue weighted by Gasteiger charge is -2.21. The van der Waals surface area contributed by atoms with Gasteiger partial charge in [-0.25, -0.2) is 0 Å². The molecule has 1 atom stereocenters. The molecule has 0 rings (SSSR count). The van der Waals surface area contributed by atoms with Crippen LogP contribution < -0.4 is 5.32 Å². The largest absolute Gasteiger partial charge is 0.469 e. The van der Waals surface area contributed by atoms with Gasteiger partial charge in [0.1, 0.15) is 0 Å². The molecule has 0 radical (unpaired) electrons. The van der Waals surface area contributed by atoms with Crippen molar-refractivity contribution in [3.8, 4) is 0 Å². The minimum atomic E-state index is -0.746. The number of rotatable bonds is 5. The molecule has 0 amide bonds. The quantitative estimate of drug-likeness (QED) is 0.611. The Kier molecular flexibility index (Phi) is 4.95. The number of esters is 1. The van der Waals surface area contributed by atoms with E-state index in [4.69, 9.17) is 0 Å².